The second-order valence-corrected chi connectivity index (χ2v) is 5.53. The second-order valence-electron chi connectivity index (χ2n) is 4.68. The molecule has 21 heavy (non-hydrogen) atoms. The van der Waals surface area contributed by atoms with E-state index in [0.29, 0.717) is 21.5 Å². The van der Waals surface area contributed by atoms with E-state index in [1.807, 2.05) is 0 Å². The molecule has 1 unspecified atom stereocenters. The molecule has 0 saturated heterocycles. The lowest BCUT2D eigenvalue weighted by Crippen LogP contribution is -2.40. The van der Waals surface area contributed by atoms with Gasteiger partial charge in [-0.1, -0.05) is 23.2 Å². The molecule has 0 radical (unpaired) electrons. The van der Waals surface area contributed by atoms with Gasteiger partial charge in [0, 0.05) is 5.02 Å². The van der Waals surface area contributed by atoms with E-state index < -0.39 is 11.6 Å². The predicted molar refractivity (Wildman–Crippen MR) is 81.8 cm³/mol. The highest BCUT2D eigenvalue weighted by molar-refractivity contribution is 6.36. The van der Waals surface area contributed by atoms with Gasteiger partial charge in [0.2, 0.25) is 0 Å². The fourth-order valence-electron chi connectivity index (χ4n) is 1.68. The summed E-state index contributed by atoms with van der Waals surface area (Å²) in [4.78, 5) is 11.8. The number of nitrogens with one attached hydrogen (secondary N) is 2. The molecule has 7 heteroatoms. The summed E-state index contributed by atoms with van der Waals surface area (Å²) in [5.41, 5.74) is -0.874. The molecule has 2 amide bonds. The third kappa shape index (κ3) is 4.14. The fourth-order valence-corrected chi connectivity index (χ4v) is 2.14. The van der Waals surface area contributed by atoms with Gasteiger partial charge in [0.1, 0.15) is 11.4 Å². The number of benzene rings is 1. The van der Waals surface area contributed by atoms with Crippen molar-refractivity contribution in [3.05, 3.63) is 52.4 Å². The van der Waals surface area contributed by atoms with Crippen molar-refractivity contribution in [3.63, 3.8) is 0 Å². The van der Waals surface area contributed by atoms with Crippen LogP contribution >= 0.6 is 23.2 Å². The molecule has 2 rings (SSSR count). The summed E-state index contributed by atoms with van der Waals surface area (Å²) < 4.78 is 5.12. The van der Waals surface area contributed by atoms with Gasteiger partial charge in [0.15, 0.2) is 0 Å². The first-order valence-electron chi connectivity index (χ1n) is 6.15. The van der Waals surface area contributed by atoms with Crippen LogP contribution < -0.4 is 10.6 Å². The lowest BCUT2D eigenvalue weighted by molar-refractivity contribution is 0.0372. The van der Waals surface area contributed by atoms with E-state index in [4.69, 9.17) is 27.6 Å². The van der Waals surface area contributed by atoms with Crippen LogP contribution in [0.1, 0.15) is 12.7 Å². The maximum absolute atomic E-state index is 11.8. The number of rotatable bonds is 4. The number of carbonyl (C=O) groups is 1. The topological polar surface area (TPSA) is 74.5 Å². The second kappa shape index (κ2) is 6.39. The van der Waals surface area contributed by atoms with Crippen LogP contribution in [0.2, 0.25) is 10.0 Å². The average molecular weight is 329 g/mol. The minimum Gasteiger partial charge on any atom is -0.466 e. The number of halogens is 2. The highest BCUT2D eigenvalue weighted by Gasteiger charge is 2.26. The Morgan fingerprint density at radius 1 is 1.38 bits per heavy atom. The lowest BCUT2D eigenvalue weighted by Gasteiger charge is -2.21. The van der Waals surface area contributed by atoms with Gasteiger partial charge in [0.25, 0.3) is 0 Å². The van der Waals surface area contributed by atoms with Crippen LogP contribution in [0.3, 0.4) is 0 Å². The number of anilines is 1. The number of amides is 2. The molecule has 2 aromatic rings. The van der Waals surface area contributed by atoms with Crippen molar-refractivity contribution < 1.29 is 14.3 Å². The maximum atomic E-state index is 11.8. The van der Waals surface area contributed by atoms with Crippen LogP contribution in [0.5, 0.6) is 0 Å². The molecule has 0 aliphatic carbocycles. The van der Waals surface area contributed by atoms with E-state index in [1.54, 1.807) is 31.2 Å². The Bertz CT molecular complexity index is 627. The van der Waals surface area contributed by atoms with E-state index >= 15 is 0 Å². The summed E-state index contributed by atoms with van der Waals surface area (Å²) in [5.74, 6) is 0.368. The SMILES string of the molecule is CC(O)(CNC(=O)Nc1ccc(Cl)cc1Cl)c1ccco1. The van der Waals surface area contributed by atoms with Crippen molar-refractivity contribution in [1.29, 1.82) is 0 Å². The quantitative estimate of drug-likeness (QED) is 0.802. The van der Waals surface area contributed by atoms with Crippen LogP contribution in [0.4, 0.5) is 10.5 Å². The summed E-state index contributed by atoms with van der Waals surface area (Å²) in [5, 5.41) is 16.1. The minimum atomic E-state index is -1.30. The molecule has 0 aliphatic heterocycles. The maximum Gasteiger partial charge on any atom is 0.319 e. The summed E-state index contributed by atoms with van der Waals surface area (Å²) >= 11 is 11.7. The molecule has 3 N–H and O–H groups in total. The van der Waals surface area contributed by atoms with Gasteiger partial charge < -0.3 is 20.2 Å². The monoisotopic (exact) mass is 328 g/mol. The molecular formula is C14H14Cl2N2O3. The Kier molecular flexibility index (Phi) is 4.77. The van der Waals surface area contributed by atoms with Gasteiger partial charge in [-0.05, 0) is 37.3 Å². The molecule has 1 heterocycles. The molecule has 0 fully saturated rings. The summed E-state index contributed by atoms with van der Waals surface area (Å²) in [6.07, 6.45) is 1.46. The largest absolute Gasteiger partial charge is 0.466 e. The first-order chi connectivity index (χ1) is 9.88. The number of hydrogen-bond donors (Lipinski definition) is 3. The Labute approximate surface area is 131 Å². The Balaban J connectivity index is 1.93. The highest BCUT2D eigenvalue weighted by atomic mass is 35.5. The zero-order valence-corrected chi connectivity index (χ0v) is 12.7. The van der Waals surface area contributed by atoms with Crippen LogP contribution in [0.25, 0.3) is 0 Å². The first-order valence-corrected chi connectivity index (χ1v) is 6.90. The van der Waals surface area contributed by atoms with E-state index in [2.05, 4.69) is 10.6 Å². The summed E-state index contributed by atoms with van der Waals surface area (Å²) in [6.45, 7) is 1.53. The lowest BCUT2D eigenvalue weighted by atomic mass is 10.0. The van der Waals surface area contributed by atoms with Crippen molar-refractivity contribution >= 4 is 34.9 Å². The van der Waals surface area contributed by atoms with Crippen LogP contribution in [-0.4, -0.2) is 17.7 Å². The van der Waals surface area contributed by atoms with Gasteiger partial charge in [-0.3, -0.25) is 0 Å². The molecule has 1 aromatic heterocycles. The molecule has 1 atom stereocenters. The number of aliphatic hydroxyl groups is 1. The zero-order chi connectivity index (χ0) is 15.5. The van der Waals surface area contributed by atoms with E-state index in [0.717, 1.165) is 0 Å². The van der Waals surface area contributed by atoms with E-state index in [-0.39, 0.29) is 6.54 Å². The molecule has 5 nitrogen and oxygen atoms in total. The Hall–Kier alpha value is -1.69. The average Bonchev–Trinajstić information content (AvgIpc) is 2.95. The van der Waals surface area contributed by atoms with Gasteiger partial charge in [-0.15, -0.1) is 0 Å². The van der Waals surface area contributed by atoms with Gasteiger partial charge >= 0.3 is 6.03 Å². The number of furan rings is 1. The van der Waals surface area contributed by atoms with Crippen molar-refractivity contribution in [2.45, 2.75) is 12.5 Å². The van der Waals surface area contributed by atoms with E-state index in [1.165, 1.54) is 12.3 Å². The molecule has 112 valence electrons. The molecule has 1 aromatic carbocycles. The molecule has 0 spiro atoms. The number of hydrogen-bond acceptors (Lipinski definition) is 3. The summed E-state index contributed by atoms with van der Waals surface area (Å²) in [7, 11) is 0. The predicted octanol–water partition coefficient (Wildman–Crippen LogP) is 3.62. The number of carbonyl (C=O) groups excluding carboxylic acids is 1. The molecular weight excluding hydrogens is 315 g/mol. The summed E-state index contributed by atoms with van der Waals surface area (Å²) in [6, 6.07) is 7.54. The normalized spacial score (nSPS) is 13.5. The third-order valence-corrected chi connectivity index (χ3v) is 3.37. The first kappa shape index (κ1) is 15.7. The Morgan fingerprint density at radius 3 is 2.76 bits per heavy atom. The Morgan fingerprint density at radius 2 is 2.14 bits per heavy atom. The van der Waals surface area contributed by atoms with Crippen molar-refractivity contribution in [3.8, 4) is 0 Å². The van der Waals surface area contributed by atoms with Gasteiger partial charge in [-0.25, -0.2) is 4.79 Å². The van der Waals surface area contributed by atoms with Crippen LogP contribution in [0, 0.1) is 0 Å². The van der Waals surface area contributed by atoms with Crippen LogP contribution in [0.15, 0.2) is 41.0 Å². The van der Waals surface area contributed by atoms with Crippen molar-refractivity contribution in [1.82, 2.24) is 5.32 Å². The van der Waals surface area contributed by atoms with Gasteiger partial charge in [0.05, 0.1) is 23.5 Å². The van der Waals surface area contributed by atoms with E-state index in [9.17, 15) is 9.90 Å². The smallest absolute Gasteiger partial charge is 0.319 e. The van der Waals surface area contributed by atoms with Crippen molar-refractivity contribution in [2.75, 3.05) is 11.9 Å². The standard InChI is InChI=1S/C14H14Cl2N2O3/c1-14(20,12-3-2-6-21-12)8-17-13(19)18-11-5-4-9(15)7-10(11)16/h2-7,20H,8H2,1H3,(H2,17,18,19). The molecule has 0 saturated carbocycles. The van der Waals surface area contributed by atoms with Gasteiger partial charge in [-0.2, -0.15) is 0 Å². The third-order valence-electron chi connectivity index (χ3n) is 2.82. The minimum absolute atomic E-state index is 0.0163. The van der Waals surface area contributed by atoms with Crippen molar-refractivity contribution in [2.24, 2.45) is 0 Å². The number of urea groups is 1. The zero-order valence-electron chi connectivity index (χ0n) is 11.2. The fraction of sp³-hybridized carbons (Fsp3) is 0.214. The molecule has 0 aliphatic rings. The molecule has 0 bridgehead atoms. The van der Waals surface area contributed by atoms with Crippen LogP contribution in [-0.2, 0) is 5.60 Å². The highest BCUT2D eigenvalue weighted by Crippen LogP contribution is 2.25.